The maximum absolute atomic E-state index is 11.1. The molecular weight excluding hydrogens is 270 g/mol. The summed E-state index contributed by atoms with van der Waals surface area (Å²) >= 11 is 0. The first-order valence-electron chi connectivity index (χ1n) is 6.56. The van der Waals surface area contributed by atoms with Gasteiger partial charge in [-0.3, -0.25) is 4.90 Å². The average Bonchev–Trinajstić information content (AvgIpc) is 2.50. The predicted octanol–water partition coefficient (Wildman–Crippen LogP) is 3.99. The number of benzene rings is 2. The van der Waals surface area contributed by atoms with Crippen molar-refractivity contribution in [2.24, 2.45) is 0 Å². The zero-order valence-electron chi connectivity index (χ0n) is 11.9. The van der Waals surface area contributed by atoms with E-state index in [-0.39, 0.29) is 0 Å². The van der Waals surface area contributed by atoms with Crippen LogP contribution in [-0.2, 0) is 0 Å². The van der Waals surface area contributed by atoms with Crippen LogP contribution in [0, 0.1) is 0 Å². The molecule has 2 rings (SSSR count). The van der Waals surface area contributed by atoms with Gasteiger partial charge in [-0.25, -0.2) is 4.79 Å². The summed E-state index contributed by atoms with van der Waals surface area (Å²) in [6, 6.07) is 14.2. The van der Waals surface area contributed by atoms with E-state index in [2.05, 4.69) is 0 Å². The molecule has 21 heavy (non-hydrogen) atoms. The van der Waals surface area contributed by atoms with Gasteiger partial charge in [0, 0.05) is 12.2 Å². The molecule has 0 radical (unpaired) electrons. The normalized spacial score (nSPS) is 10.0. The Morgan fingerprint density at radius 3 is 1.90 bits per heavy atom. The Morgan fingerprint density at radius 2 is 1.48 bits per heavy atom. The second-order valence-corrected chi connectivity index (χ2v) is 4.30. The van der Waals surface area contributed by atoms with Gasteiger partial charge in [-0.05, 0) is 55.5 Å². The number of hydrogen-bond acceptors (Lipinski definition) is 3. The third kappa shape index (κ3) is 3.66. The predicted molar refractivity (Wildman–Crippen MR) is 80.6 cm³/mol. The monoisotopic (exact) mass is 287 g/mol. The number of carbonyl (C=O) groups is 1. The quantitative estimate of drug-likeness (QED) is 0.903. The van der Waals surface area contributed by atoms with Gasteiger partial charge in [0.15, 0.2) is 0 Å². The van der Waals surface area contributed by atoms with E-state index in [9.17, 15) is 4.79 Å². The van der Waals surface area contributed by atoms with Crippen molar-refractivity contribution >= 4 is 11.8 Å². The van der Waals surface area contributed by atoms with Gasteiger partial charge in [-0.1, -0.05) is 0 Å². The minimum absolute atomic E-state index is 0.397. The fraction of sp³-hybridized carbons (Fsp3) is 0.188. The molecule has 0 heterocycles. The fourth-order valence-corrected chi connectivity index (χ4v) is 1.90. The Balaban J connectivity index is 2.09. The topological polar surface area (TPSA) is 59.0 Å². The van der Waals surface area contributed by atoms with Crippen LogP contribution in [0.2, 0.25) is 0 Å². The standard InChI is InChI=1S/C16H17NO4/c1-3-17(16(18)19)12-4-6-14(7-5-12)21-15-10-8-13(20-2)9-11-15/h4-11H,3H2,1-2H3,(H,18,19). The summed E-state index contributed by atoms with van der Waals surface area (Å²) in [5, 5.41) is 9.06. The van der Waals surface area contributed by atoms with Crippen LogP contribution >= 0.6 is 0 Å². The summed E-state index contributed by atoms with van der Waals surface area (Å²) in [6.07, 6.45) is -0.971. The Hall–Kier alpha value is -2.69. The Kier molecular flexibility index (Phi) is 4.66. The van der Waals surface area contributed by atoms with Crippen molar-refractivity contribution < 1.29 is 19.4 Å². The third-order valence-electron chi connectivity index (χ3n) is 2.99. The molecule has 0 atom stereocenters. The van der Waals surface area contributed by atoms with Crippen molar-refractivity contribution in [1.82, 2.24) is 0 Å². The first-order valence-corrected chi connectivity index (χ1v) is 6.56. The summed E-state index contributed by atoms with van der Waals surface area (Å²) in [5.74, 6) is 2.09. The lowest BCUT2D eigenvalue weighted by Crippen LogP contribution is -2.28. The van der Waals surface area contributed by atoms with Gasteiger partial charge in [0.05, 0.1) is 7.11 Å². The Labute approximate surface area is 123 Å². The summed E-state index contributed by atoms with van der Waals surface area (Å²) in [7, 11) is 1.61. The SMILES string of the molecule is CCN(C(=O)O)c1ccc(Oc2ccc(OC)cc2)cc1. The van der Waals surface area contributed by atoms with Gasteiger partial charge in [0.2, 0.25) is 0 Å². The molecule has 2 aromatic carbocycles. The van der Waals surface area contributed by atoms with Crippen molar-refractivity contribution in [3.8, 4) is 17.2 Å². The largest absolute Gasteiger partial charge is 0.497 e. The van der Waals surface area contributed by atoms with E-state index in [1.807, 2.05) is 24.3 Å². The summed E-state index contributed by atoms with van der Waals surface area (Å²) in [6.45, 7) is 2.18. The zero-order chi connectivity index (χ0) is 15.2. The maximum atomic E-state index is 11.1. The van der Waals surface area contributed by atoms with Crippen LogP contribution in [0.3, 0.4) is 0 Å². The maximum Gasteiger partial charge on any atom is 0.411 e. The van der Waals surface area contributed by atoms with E-state index in [0.29, 0.717) is 23.7 Å². The molecule has 110 valence electrons. The number of anilines is 1. The molecule has 5 heteroatoms. The highest BCUT2D eigenvalue weighted by Crippen LogP contribution is 2.26. The molecule has 0 saturated heterocycles. The number of ether oxygens (including phenoxy) is 2. The lowest BCUT2D eigenvalue weighted by atomic mass is 10.2. The highest BCUT2D eigenvalue weighted by atomic mass is 16.5. The van der Waals surface area contributed by atoms with Crippen LogP contribution in [0.5, 0.6) is 17.2 Å². The fourth-order valence-electron chi connectivity index (χ4n) is 1.90. The molecule has 0 saturated carbocycles. The molecule has 0 aliphatic heterocycles. The van der Waals surface area contributed by atoms with Crippen LogP contribution < -0.4 is 14.4 Å². The van der Waals surface area contributed by atoms with Crippen LogP contribution in [0.25, 0.3) is 0 Å². The van der Waals surface area contributed by atoms with Gasteiger partial charge in [-0.2, -0.15) is 0 Å². The molecule has 0 spiro atoms. The Bertz CT molecular complexity index is 593. The minimum Gasteiger partial charge on any atom is -0.497 e. The van der Waals surface area contributed by atoms with Crippen molar-refractivity contribution in [3.05, 3.63) is 48.5 Å². The van der Waals surface area contributed by atoms with E-state index >= 15 is 0 Å². The molecule has 2 aromatic rings. The molecule has 0 unspecified atom stereocenters. The summed E-state index contributed by atoms with van der Waals surface area (Å²) in [5.41, 5.74) is 0.618. The molecule has 0 bridgehead atoms. The summed E-state index contributed by atoms with van der Waals surface area (Å²) < 4.78 is 10.8. The number of amides is 1. The van der Waals surface area contributed by atoms with E-state index in [1.165, 1.54) is 4.90 Å². The molecule has 0 fully saturated rings. The molecule has 0 aliphatic carbocycles. The number of hydrogen-bond donors (Lipinski definition) is 1. The van der Waals surface area contributed by atoms with Gasteiger partial charge in [-0.15, -0.1) is 0 Å². The van der Waals surface area contributed by atoms with Gasteiger partial charge in [0.25, 0.3) is 0 Å². The van der Waals surface area contributed by atoms with Crippen molar-refractivity contribution in [3.63, 3.8) is 0 Å². The van der Waals surface area contributed by atoms with Crippen LogP contribution in [0.4, 0.5) is 10.5 Å². The molecule has 1 amide bonds. The lowest BCUT2D eigenvalue weighted by molar-refractivity contribution is 0.202. The van der Waals surface area contributed by atoms with Crippen LogP contribution in [-0.4, -0.2) is 24.9 Å². The molecule has 0 aromatic heterocycles. The third-order valence-corrected chi connectivity index (χ3v) is 2.99. The van der Waals surface area contributed by atoms with Crippen molar-refractivity contribution in [2.45, 2.75) is 6.92 Å². The molecule has 5 nitrogen and oxygen atoms in total. The van der Waals surface area contributed by atoms with Gasteiger partial charge < -0.3 is 14.6 Å². The minimum atomic E-state index is -0.971. The zero-order valence-corrected chi connectivity index (χ0v) is 11.9. The van der Waals surface area contributed by atoms with E-state index in [1.54, 1.807) is 38.3 Å². The van der Waals surface area contributed by atoms with Crippen LogP contribution in [0.15, 0.2) is 48.5 Å². The first kappa shape index (κ1) is 14.7. The number of methoxy groups -OCH3 is 1. The van der Waals surface area contributed by atoms with Crippen molar-refractivity contribution in [1.29, 1.82) is 0 Å². The molecule has 0 aliphatic rings. The highest BCUT2D eigenvalue weighted by molar-refractivity contribution is 5.85. The first-order chi connectivity index (χ1) is 10.1. The number of carboxylic acid groups (broad SMARTS) is 1. The highest BCUT2D eigenvalue weighted by Gasteiger charge is 2.11. The number of rotatable bonds is 5. The van der Waals surface area contributed by atoms with Crippen molar-refractivity contribution in [2.75, 3.05) is 18.6 Å². The Morgan fingerprint density at radius 1 is 1.00 bits per heavy atom. The second kappa shape index (κ2) is 6.65. The summed E-state index contributed by atoms with van der Waals surface area (Å²) in [4.78, 5) is 12.3. The van der Waals surface area contributed by atoms with Gasteiger partial charge >= 0.3 is 6.09 Å². The van der Waals surface area contributed by atoms with Crippen LogP contribution in [0.1, 0.15) is 6.92 Å². The number of nitrogens with zero attached hydrogens (tertiary/aromatic N) is 1. The van der Waals surface area contributed by atoms with E-state index in [4.69, 9.17) is 14.6 Å². The smallest absolute Gasteiger partial charge is 0.411 e. The average molecular weight is 287 g/mol. The van der Waals surface area contributed by atoms with E-state index in [0.717, 1.165) is 5.75 Å². The molecule has 1 N–H and O–H groups in total. The van der Waals surface area contributed by atoms with Gasteiger partial charge in [0.1, 0.15) is 17.2 Å². The molecular formula is C16H17NO4. The lowest BCUT2D eigenvalue weighted by Gasteiger charge is -2.17. The second-order valence-electron chi connectivity index (χ2n) is 4.30. The van der Waals surface area contributed by atoms with E-state index < -0.39 is 6.09 Å².